The third-order valence-electron chi connectivity index (χ3n) is 3.16. The molecule has 0 aliphatic carbocycles. The number of nitrogens with zero attached hydrogens (tertiary/aromatic N) is 1. The Labute approximate surface area is 110 Å². The molecule has 3 heteroatoms. The summed E-state index contributed by atoms with van der Waals surface area (Å²) in [6, 6.07) is 10.4. The minimum absolute atomic E-state index is 0.413. The van der Waals surface area contributed by atoms with E-state index >= 15 is 0 Å². The molecule has 0 spiro atoms. The molecule has 1 aromatic rings. The summed E-state index contributed by atoms with van der Waals surface area (Å²) in [5.74, 6) is 0.914. The fraction of sp³-hybridized carbons (Fsp3) is 0.533. The van der Waals surface area contributed by atoms with Gasteiger partial charge in [0.25, 0.3) is 0 Å². The summed E-state index contributed by atoms with van der Waals surface area (Å²) in [5, 5.41) is 12.0. The van der Waals surface area contributed by atoms with Crippen molar-refractivity contribution < 1.29 is 4.74 Å². The Hall–Kier alpha value is -1.53. The molecule has 0 radical (unpaired) electrons. The summed E-state index contributed by atoms with van der Waals surface area (Å²) < 4.78 is 5.64. The highest BCUT2D eigenvalue weighted by Crippen LogP contribution is 2.14. The first-order chi connectivity index (χ1) is 8.59. The summed E-state index contributed by atoms with van der Waals surface area (Å²) in [5.41, 5.74) is 0.824. The molecule has 0 saturated carbocycles. The summed E-state index contributed by atoms with van der Waals surface area (Å²) in [4.78, 5) is 0. The van der Waals surface area contributed by atoms with Crippen molar-refractivity contribution in [2.45, 2.75) is 38.6 Å². The van der Waals surface area contributed by atoms with Crippen molar-refractivity contribution in [2.24, 2.45) is 0 Å². The van der Waals surface area contributed by atoms with Crippen LogP contribution in [0.15, 0.2) is 24.3 Å². The van der Waals surface area contributed by atoms with Crippen LogP contribution in [0.1, 0.15) is 31.7 Å². The van der Waals surface area contributed by atoms with Crippen LogP contribution < -0.4 is 10.1 Å². The zero-order valence-electron chi connectivity index (χ0n) is 11.5. The molecular formula is C15H22N2O. The lowest BCUT2D eigenvalue weighted by molar-refractivity contribution is 0.297. The number of hydrogen-bond acceptors (Lipinski definition) is 3. The third kappa shape index (κ3) is 4.77. The minimum atomic E-state index is -0.413. The van der Waals surface area contributed by atoms with Crippen LogP contribution in [-0.2, 0) is 0 Å². The molecule has 3 nitrogen and oxygen atoms in total. The second kappa shape index (κ2) is 7.03. The Morgan fingerprint density at radius 1 is 1.28 bits per heavy atom. The van der Waals surface area contributed by atoms with Crippen molar-refractivity contribution in [1.29, 1.82) is 5.26 Å². The average Bonchev–Trinajstić information content (AvgIpc) is 2.40. The second-order valence-corrected chi connectivity index (χ2v) is 4.81. The minimum Gasteiger partial charge on any atom is -0.494 e. The molecule has 1 aromatic carbocycles. The summed E-state index contributed by atoms with van der Waals surface area (Å²) in [6.45, 7) is 4.69. The molecule has 0 heterocycles. The number of benzene rings is 1. The standard InChI is InChI=1S/C15H22N2O/c1-13-6-8-14(9-7-13)18-11-5-4-10-15(2,12-16)17-3/h6-9,17H,4-5,10-11H2,1-3H3. The topological polar surface area (TPSA) is 45.0 Å². The summed E-state index contributed by atoms with van der Waals surface area (Å²) in [7, 11) is 1.83. The molecule has 1 atom stereocenters. The van der Waals surface area contributed by atoms with Crippen LogP contribution in [0, 0.1) is 18.3 Å². The van der Waals surface area contributed by atoms with Gasteiger partial charge in [-0.15, -0.1) is 0 Å². The molecule has 0 aliphatic heterocycles. The van der Waals surface area contributed by atoms with Gasteiger partial charge in [-0.1, -0.05) is 17.7 Å². The van der Waals surface area contributed by atoms with Crippen LogP contribution in [-0.4, -0.2) is 19.2 Å². The Kier molecular flexibility index (Phi) is 5.67. The number of nitriles is 1. The molecule has 0 aliphatic rings. The smallest absolute Gasteiger partial charge is 0.119 e. The molecule has 18 heavy (non-hydrogen) atoms. The van der Waals surface area contributed by atoms with Crippen molar-refractivity contribution in [3.63, 3.8) is 0 Å². The maximum absolute atomic E-state index is 9.00. The van der Waals surface area contributed by atoms with Crippen LogP contribution in [0.5, 0.6) is 5.75 Å². The first-order valence-electron chi connectivity index (χ1n) is 6.39. The predicted molar refractivity (Wildman–Crippen MR) is 73.6 cm³/mol. The van der Waals surface area contributed by atoms with Gasteiger partial charge in [0, 0.05) is 0 Å². The van der Waals surface area contributed by atoms with Crippen molar-refractivity contribution in [3.05, 3.63) is 29.8 Å². The Bertz CT molecular complexity index is 394. The van der Waals surface area contributed by atoms with E-state index in [0.717, 1.165) is 25.0 Å². The van der Waals surface area contributed by atoms with E-state index < -0.39 is 5.54 Å². The molecule has 1 N–H and O–H groups in total. The lowest BCUT2D eigenvalue weighted by Gasteiger charge is -2.20. The number of aryl methyl sites for hydroxylation is 1. The Morgan fingerprint density at radius 3 is 2.50 bits per heavy atom. The number of nitrogens with one attached hydrogen (secondary N) is 1. The van der Waals surface area contributed by atoms with Gasteiger partial charge in [0.15, 0.2) is 0 Å². The highest BCUT2D eigenvalue weighted by molar-refractivity contribution is 5.26. The number of hydrogen-bond donors (Lipinski definition) is 1. The van der Waals surface area contributed by atoms with Gasteiger partial charge >= 0.3 is 0 Å². The van der Waals surface area contributed by atoms with E-state index in [4.69, 9.17) is 10.00 Å². The van der Waals surface area contributed by atoms with E-state index in [2.05, 4.69) is 18.3 Å². The van der Waals surface area contributed by atoms with E-state index in [9.17, 15) is 0 Å². The lowest BCUT2D eigenvalue weighted by Crippen LogP contribution is -2.37. The summed E-state index contributed by atoms with van der Waals surface area (Å²) in [6.07, 6.45) is 2.79. The van der Waals surface area contributed by atoms with Crippen molar-refractivity contribution in [3.8, 4) is 11.8 Å². The molecule has 0 fully saturated rings. The third-order valence-corrected chi connectivity index (χ3v) is 3.16. The molecule has 0 saturated heterocycles. The van der Waals surface area contributed by atoms with Crippen LogP contribution in [0.2, 0.25) is 0 Å². The molecule has 0 bridgehead atoms. The van der Waals surface area contributed by atoms with Crippen LogP contribution in [0.3, 0.4) is 0 Å². The van der Waals surface area contributed by atoms with Gasteiger partial charge in [0.2, 0.25) is 0 Å². The van der Waals surface area contributed by atoms with Gasteiger partial charge < -0.3 is 10.1 Å². The van der Waals surface area contributed by atoms with E-state index in [1.54, 1.807) is 0 Å². The number of rotatable bonds is 7. The Morgan fingerprint density at radius 2 is 1.94 bits per heavy atom. The van der Waals surface area contributed by atoms with Crippen LogP contribution in [0.4, 0.5) is 0 Å². The zero-order chi connectivity index (χ0) is 13.4. The maximum Gasteiger partial charge on any atom is 0.119 e. The molecule has 98 valence electrons. The van der Waals surface area contributed by atoms with Gasteiger partial charge in [0.05, 0.1) is 12.7 Å². The fourth-order valence-electron chi connectivity index (χ4n) is 1.64. The average molecular weight is 246 g/mol. The molecule has 0 amide bonds. The van der Waals surface area contributed by atoms with Gasteiger partial charge in [0.1, 0.15) is 11.3 Å². The van der Waals surface area contributed by atoms with Gasteiger partial charge in [-0.05, 0) is 52.3 Å². The van der Waals surface area contributed by atoms with Gasteiger partial charge in [-0.25, -0.2) is 0 Å². The first kappa shape index (κ1) is 14.5. The maximum atomic E-state index is 9.00. The van der Waals surface area contributed by atoms with Gasteiger partial charge in [-0.3, -0.25) is 0 Å². The van der Waals surface area contributed by atoms with Crippen LogP contribution in [0.25, 0.3) is 0 Å². The lowest BCUT2D eigenvalue weighted by atomic mass is 9.97. The second-order valence-electron chi connectivity index (χ2n) is 4.81. The SMILES string of the molecule is CNC(C)(C#N)CCCCOc1ccc(C)cc1. The van der Waals surface area contributed by atoms with Crippen molar-refractivity contribution >= 4 is 0 Å². The highest BCUT2D eigenvalue weighted by atomic mass is 16.5. The van der Waals surface area contributed by atoms with E-state index in [-0.39, 0.29) is 0 Å². The fourth-order valence-corrected chi connectivity index (χ4v) is 1.64. The first-order valence-corrected chi connectivity index (χ1v) is 6.39. The van der Waals surface area contributed by atoms with Crippen molar-refractivity contribution in [2.75, 3.05) is 13.7 Å². The quantitative estimate of drug-likeness (QED) is 0.752. The van der Waals surface area contributed by atoms with E-state index in [1.807, 2.05) is 38.2 Å². The predicted octanol–water partition coefficient (Wildman–Crippen LogP) is 3.05. The number of ether oxygens (including phenoxy) is 1. The van der Waals surface area contributed by atoms with Gasteiger partial charge in [-0.2, -0.15) is 5.26 Å². The highest BCUT2D eigenvalue weighted by Gasteiger charge is 2.19. The normalized spacial score (nSPS) is 13.7. The molecule has 1 rings (SSSR count). The zero-order valence-corrected chi connectivity index (χ0v) is 11.5. The summed E-state index contributed by atoms with van der Waals surface area (Å²) >= 11 is 0. The largest absolute Gasteiger partial charge is 0.494 e. The monoisotopic (exact) mass is 246 g/mol. The molecule has 1 unspecified atom stereocenters. The molecule has 0 aromatic heterocycles. The van der Waals surface area contributed by atoms with E-state index in [0.29, 0.717) is 6.61 Å². The Balaban J connectivity index is 2.20. The van der Waals surface area contributed by atoms with Crippen molar-refractivity contribution in [1.82, 2.24) is 5.32 Å². The van der Waals surface area contributed by atoms with Crippen LogP contribution >= 0.6 is 0 Å². The molecular weight excluding hydrogens is 224 g/mol. The number of unbranched alkanes of at least 4 members (excludes halogenated alkanes) is 1. The van der Waals surface area contributed by atoms with E-state index in [1.165, 1.54) is 5.56 Å².